The molecular weight excluding hydrogens is 402 g/mol. The van der Waals surface area contributed by atoms with E-state index in [9.17, 15) is 14.4 Å². The highest BCUT2D eigenvalue weighted by Crippen LogP contribution is 2.50. The lowest BCUT2D eigenvalue weighted by molar-refractivity contribution is -0.145. The zero-order valence-electron chi connectivity index (χ0n) is 19.0. The number of carbonyl (C=O) groups is 3. The first kappa shape index (κ1) is 25.1. The van der Waals surface area contributed by atoms with Crippen molar-refractivity contribution in [2.75, 3.05) is 13.6 Å². The van der Waals surface area contributed by atoms with Crippen molar-refractivity contribution in [3.8, 4) is 0 Å². The Morgan fingerprint density at radius 1 is 1.29 bits per heavy atom. The maximum absolute atomic E-state index is 12.5. The van der Waals surface area contributed by atoms with Crippen molar-refractivity contribution in [2.24, 2.45) is 11.8 Å². The first-order valence-corrected chi connectivity index (χ1v) is 10.8. The molecule has 2 aliphatic heterocycles. The summed E-state index contributed by atoms with van der Waals surface area (Å²) in [6, 6.07) is 0.436. The Kier molecular flexibility index (Phi) is 8.42. The molecule has 0 aromatic carbocycles. The van der Waals surface area contributed by atoms with Crippen LogP contribution in [0.25, 0.3) is 0 Å². The Morgan fingerprint density at radius 2 is 1.90 bits per heavy atom. The van der Waals surface area contributed by atoms with E-state index in [-0.39, 0.29) is 35.6 Å². The molecule has 2 fully saturated rings. The number of fused-ring (bicyclic) bond motifs is 3. The number of rotatable bonds is 5. The molecule has 2 saturated heterocycles. The van der Waals surface area contributed by atoms with Gasteiger partial charge in [0.1, 0.15) is 12.2 Å². The van der Waals surface area contributed by atoms with Crippen LogP contribution in [0.2, 0.25) is 0 Å². The lowest BCUT2D eigenvalue weighted by Crippen LogP contribution is -2.37. The molecule has 0 aromatic rings. The molecule has 3 rings (SSSR count). The lowest BCUT2D eigenvalue weighted by Gasteiger charge is -2.27. The Morgan fingerprint density at radius 3 is 2.45 bits per heavy atom. The molecule has 0 unspecified atom stereocenters. The minimum atomic E-state index is -1.26. The summed E-state index contributed by atoms with van der Waals surface area (Å²) < 4.78 is 11.8. The SMILES string of the molecule is C/C1=C\CC[C@@]2(C)O[C@H]2[C@H]2OC(=O)[C@@H](CN(C)C(C)C)[C@@H]2CC1.O=C(O)/C=C/C(=O)O. The summed E-state index contributed by atoms with van der Waals surface area (Å²) in [6.07, 6.45) is 7.66. The number of nitrogens with zero attached hydrogens (tertiary/aromatic N) is 1. The van der Waals surface area contributed by atoms with Gasteiger partial charge in [-0.3, -0.25) is 4.79 Å². The maximum Gasteiger partial charge on any atom is 0.328 e. The maximum atomic E-state index is 12.5. The number of hydrogen-bond acceptors (Lipinski definition) is 6. The smallest absolute Gasteiger partial charge is 0.328 e. The van der Waals surface area contributed by atoms with Crippen LogP contribution in [0.3, 0.4) is 0 Å². The summed E-state index contributed by atoms with van der Waals surface area (Å²) in [4.78, 5) is 33.9. The standard InChI is InChI=1S/C19H31NO3.C4H4O4/c1-12(2)20(5)11-15-14-9-8-13(3)7-6-10-19(4)17(23-19)16(14)22-18(15)21;5-3(6)1-2-4(7)8/h7,12,14-17H,6,8-11H2,1-5H3;1-2H,(H,5,6)(H,7,8)/b13-7+;2-1+/t14-,15-,16-,17-,19+;/m0./s1. The summed E-state index contributed by atoms with van der Waals surface area (Å²) >= 11 is 0. The van der Waals surface area contributed by atoms with Crippen molar-refractivity contribution >= 4 is 17.9 Å². The Bertz CT molecular complexity index is 728. The summed E-state index contributed by atoms with van der Waals surface area (Å²) in [5.74, 6) is -2.28. The Hall–Kier alpha value is -2.19. The van der Waals surface area contributed by atoms with Gasteiger partial charge < -0.3 is 24.6 Å². The number of carbonyl (C=O) groups excluding carboxylic acids is 1. The van der Waals surface area contributed by atoms with Crippen LogP contribution in [0.1, 0.15) is 53.4 Å². The van der Waals surface area contributed by atoms with E-state index in [0.717, 1.165) is 32.2 Å². The van der Waals surface area contributed by atoms with Gasteiger partial charge in [0.15, 0.2) is 0 Å². The zero-order chi connectivity index (χ0) is 23.3. The molecule has 8 nitrogen and oxygen atoms in total. The van der Waals surface area contributed by atoms with E-state index in [1.54, 1.807) is 0 Å². The van der Waals surface area contributed by atoms with Gasteiger partial charge in [-0.2, -0.15) is 0 Å². The molecule has 5 atom stereocenters. The molecule has 0 aromatic heterocycles. The number of carboxylic acid groups (broad SMARTS) is 2. The van der Waals surface area contributed by atoms with Crippen LogP contribution in [0.4, 0.5) is 0 Å². The number of esters is 1. The number of epoxide rings is 1. The predicted octanol–water partition coefficient (Wildman–Crippen LogP) is 2.87. The monoisotopic (exact) mass is 437 g/mol. The van der Waals surface area contributed by atoms with Crippen LogP contribution in [0.15, 0.2) is 23.8 Å². The van der Waals surface area contributed by atoms with Gasteiger partial charge in [0.25, 0.3) is 0 Å². The van der Waals surface area contributed by atoms with Crippen molar-refractivity contribution < 1.29 is 34.1 Å². The summed E-state index contributed by atoms with van der Waals surface area (Å²) in [7, 11) is 2.09. The molecule has 1 aliphatic carbocycles. The van der Waals surface area contributed by atoms with Gasteiger partial charge in [0.2, 0.25) is 0 Å². The van der Waals surface area contributed by atoms with Crippen molar-refractivity contribution in [2.45, 2.75) is 77.2 Å². The van der Waals surface area contributed by atoms with E-state index in [0.29, 0.717) is 18.2 Å². The van der Waals surface area contributed by atoms with Gasteiger partial charge in [-0.05, 0) is 60.4 Å². The van der Waals surface area contributed by atoms with Crippen LogP contribution in [0.5, 0.6) is 0 Å². The third kappa shape index (κ3) is 6.90. The van der Waals surface area contributed by atoms with Crippen LogP contribution in [-0.2, 0) is 23.9 Å². The zero-order valence-corrected chi connectivity index (χ0v) is 19.0. The van der Waals surface area contributed by atoms with Crippen molar-refractivity contribution in [3.05, 3.63) is 23.8 Å². The van der Waals surface area contributed by atoms with E-state index < -0.39 is 11.9 Å². The van der Waals surface area contributed by atoms with E-state index in [1.165, 1.54) is 5.57 Å². The fourth-order valence-corrected chi connectivity index (χ4v) is 4.21. The Balaban J connectivity index is 0.000000366. The molecule has 8 heteroatoms. The third-order valence-electron chi connectivity index (χ3n) is 6.47. The normalized spacial score (nSPS) is 34.2. The first-order valence-electron chi connectivity index (χ1n) is 10.8. The van der Waals surface area contributed by atoms with Crippen molar-refractivity contribution in [1.82, 2.24) is 4.90 Å². The van der Waals surface area contributed by atoms with Crippen molar-refractivity contribution in [3.63, 3.8) is 0 Å². The van der Waals surface area contributed by atoms with Crippen molar-refractivity contribution in [1.29, 1.82) is 0 Å². The highest BCUT2D eigenvalue weighted by atomic mass is 16.6. The van der Waals surface area contributed by atoms with Crippen LogP contribution in [0, 0.1) is 11.8 Å². The van der Waals surface area contributed by atoms with E-state index in [1.807, 2.05) is 0 Å². The molecule has 0 bridgehead atoms. The summed E-state index contributed by atoms with van der Waals surface area (Å²) in [6.45, 7) is 9.49. The fraction of sp³-hybridized carbons (Fsp3) is 0.696. The van der Waals surface area contributed by atoms with Crippen LogP contribution < -0.4 is 0 Å². The van der Waals surface area contributed by atoms with E-state index >= 15 is 0 Å². The van der Waals surface area contributed by atoms with E-state index in [2.05, 4.69) is 45.7 Å². The quantitative estimate of drug-likeness (QED) is 0.292. The van der Waals surface area contributed by atoms with Crippen LogP contribution in [-0.4, -0.2) is 70.5 Å². The minimum Gasteiger partial charge on any atom is -0.478 e. The average molecular weight is 438 g/mol. The second kappa shape index (κ2) is 10.4. The number of allylic oxidation sites excluding steroid dienone is 2. The van der Waals surface area contributed by atoms with Gasteiger partial charge in [-0.25, -0.2) is 9.59 Å². The first-order chi connectivity index (χ1) is 14.4. The third-order valence-corrected chi connectivity index (χ3v) is 6.47. The number of hydrogen-bond donors (Lipinski definition) is 2. The molecular formula is C23H35NO7. The lowest BCUT2D eigenvalue weighted by atomic mass is 9.80. The molecule has 2 N–H and O–H groups in total. The van der Waals surface area contributed by atoms with Gasteiger partial charge in [-0.1, -0.05) is 11.6 Å². The molecule has 0 saturated carbocycles. The predicted molar refractivity (Wildman–Crippen MR) is 115 cm³/mol. The topological polar surface area (TPSA) is 117 Å². The molecule has 0 amide bonds. The number of aliphatic carboxylic acids is 2. The number of carboxylic acids is 2. The van der Waals surface area contributed by atoms with E-state index in [4.69, 9.17) is 19.7 Å². The van der Waals surface area contributed by atoms with Gasteiger partial charge in [-0.15, -0.1) is 0 Å². The molecule has 2 heterocycles. The van der Waals surface area contributed by atoms with Gasteiger partial charge in [0.05, 0.1) is 11.5 Å². The molecule has 31 heavy (non-hydrogen) atoms. The highest BCUT2D eigenvalue weighted by Gasteiger charge is 2.62. The number of ether oxygens (including phenoxy) is 2. The average Bonchev–Trinajstić information content (AvgIpc) is 3.25. The van der Waals surface area contributed by atoms with Gasteiger partial charge >= 0.3 is 17.9 Å². The fourth-order valence-electron chi connectivity index (χ4n) is 4.21. The minimum absolute atomic E-state index is 0.0203. The Labute approximate surface area is 183 Å². The summed E-state index contributed by atoms with van der Waals surface area (Å²) in [5, 5.41) is 15.6. The second-order valence-electron chi connectivity index (χ2n) is 9.19. The summed E-state index contributed by atoms with van der Waals surface area (Å²) in [5.41, 5.74) is 1.33. The highest BCUT2D eigenvalue weighted by molar-refractivity contribution is 5.89. The molecule has 0 spiro atoms. The van der Waals surface area contributed by atoms with Crippen LogP contribution >= 0.6 is 0 Å². The molecule has 0 radical (unpaired) electrons. The molecule has 174 valence electrons. The van der Waals surface area contributed by atoms with Gasteiger partial charge in [0, 0.05) is 30.7 Å². The largest absolute Gasteiger partial charge is 0.478 e. The second-order valence-corrected chi connectivity index (χ2v) is 9.19. The molecule has 3 aliphatic rings.